The molecule has 0 saturated carbocycles. The van der Waals surface area contributed by atoms with Crippen LogP contribution >= 0.6 is 11.3 Å². The van der Waals surface area contributed by atoms with Crippen LogP contribution in [-0.4, -0.2) is 12.5 Å². The van der Waals surface area contributed by atoms with Gasteiger partial charge in [0.2, 0.25) is 5.96 Å². The Labute approximate surface area is 101 Å². The third kappa shape index (κ3) is 4.20. The summed E-state index contributed by atoms with van der Waals surface area (Å²) in [5, 5.41) is 5.32. The number of guanidine groups is 1. The van der Waals surface area contributed by atoms with Gasteiger partial charge in [-0.3, -0.25) is 10.4 Å². The molecular formula is C11H20N4S. The average Bonchev–Trinajstić information content (AvgIpc) is 2.81. The summed E-state index contributed by atoms with van der Waals surface area (Å²) in [4.78, 5) is 5.63. The van der Waals surface area contributed by atoms with Gasteiger partial charge in [0.15, 0.2) is 0 Å². The molecule has 0 spiro atoms. The molecule has 0 aliphatic heterocycles. The first-order valence-corrected chi connectivity index (χ1v) is 6.47. The van der Waals surface area contributed by atoms with Crippen LogP contribution in [0.5, 0.6) is 0 Å². The molecule has 5 heteroatoms. The second kappa shape index (κ2) is 7.24. The normalized spacial score (nSPS) is 13.6. The van der Waals surface area contributed by atoms with Gasteiger partial charge in [0.25, 0.3) is 0 Å². The first-order valence-electron chi connectivity index (χ1n) is 5.59. The Morgan fingerprint density at radius 1 is 1.62 bits per heavy atom. The van der Waals surface area contributed by atoms with Crippen molar-refractivity contribution in [2.24, 2.45) is 10.8 Å². The molecule has 4 N–H and O–H groups in total. The van der Waals surface area contributed by atoms with Crippen molar-refractivity contribution in [1.82, 2.24) is 10.7 Å². The van der Waals surface area contributed by atoms with E-state index in [0.717, 1.165) is 19.4 Å². The Hall–Kier alpha value is -1.07. The zero-order valence-electron chi connectivity index (χ0n) is 9.86. The van der Waals surface area contributed by atoms with Crippen molar-refractivity contribution in [3.8, 4) is 0 Å². The lowest BCUT2D eigenvalue weighted by atomic mass is 10.3. The summed E-state index contributed by atoms with van der Waals surface area (Å²) >= 11 is 1.73. The summed E-state index contributed by atoms with van der Waals surface area (Å²) in [6.07, 6.45) is 2.22. The van der Waals surface area contributed by atoms with Gasteiger partial charge < -0.3 is 5.32 Å². The van der Waals surface area contributed by atoms with Crippen molar-refractivity contribution >= 4 is 17.3 Å². The predicted molar refractivity (Wildman–Crippen MR) is 70.4 cm³/mol. The highest BCUT2D eigenvalue weighted by atomic mass is 32.1. The largest absolute Gasteiger partial charge is 0.348 e. The molecule has 0 fully saturated rings. The molecule has 1 unspecified atom stereocenters. The van der Waals surface area contributed by atoms with E-state index in [9.17, 15) is 0 Å². The predicted octanol–water partition coefficient (Wildman–Crippen LogP) is 2.02. The number of nitrogens with one attached hydrogen (secondary N) is 2. The summed E-state index contributed by atoms with van der Waals surface area (Å²) < 4.78 is 0. The van der Waals surface area contributed by atoms with E-state index in [1.54, 1.807) is 11.3 Å². The van der Waals surface area contributed by atoms with Crippen LogP contribution in [0.1, 0.15) is 37.6 Å². The van der Waals surface area contributed by atoms with Crippen LogP contribution in [0.15, 0.2) is 22.5 Å². The van der Waals surface area contributed by atoms with Crippen LogP contribution in [0, 0.1) is 0 Å². The third-order valence-corrected chi connectivity index (χ3v) is 3.30. The summed E-state index contributed by atoms with van der Waals surface area (Å²) in [7, 11) is 0. The van der Waals surface area contributed by atoms with Gasteiger partial charge in [-0.25, -0.2) is 5.84 Å². The SMILES string of the molecule is CCCCN=C(NN)NC(C)c1cccs1. The van der Waals surface area contributed by atoms with E-state index in [2.05, 4.69) is 41.0 Å². The van der Waals surface area contributed by atoms with Crippen LogP contribution in [0.2, 0.25) is 0 Å². The molecule has 0 aromatic carbocycles. The highest BCUT2D eigenvalue weighted by Gasteiger charge is 2.07. The van der Waals surface area contributed by atoms with E-state index in [0.29, 0.717) is 5.96 Å². The number of nitrogens with two attached hydrogens (primary N) is 1. The molecule has 1 atom stereocenters. The molecule has 16 heavy (non-hydrogen) atoms. The molecule has 90 valence electrons. The molecule has 0 amide bonds. The molecule has 4 nitrogen and oxygen atoms in total. The van der Waals surface area contributed by atoms with Gasteiger partial charge in [-0.1, -0.05) is 19.4 Å². The van der Waals surface area contributed by atoms with E-state index in [4.69, 9.17) is 5.84 Å². The van der Waals surface area contributed by atoms with Crippen LogP contribution in [-0.2, 0) is 0 Å². The Morgan fingerprint density at radius 2 is 2.44 bits per heavy atom. The fourth-order valence-corrected chi connectivity index (χ4v) is 2.03. The Balaban J connectivity index is 2.46. The third-order valence-electron chi connectivity index (χ3n) is 2.24. The zero-order valence-corrected chi connectivity index (χ0v) is 10.7. The average molecular weight is 240 g/mol. The first-order chi connectivity index (χ1) is 7.77. The quantitative estimate of drug-likeness (QED) is 0.242. The van der Waals surface area contributed by atoms with Gasteiger partial charge in [0, 0.05) is 11.4 Å². The maximum atomic E-state index is 5.42. The molecule has 0 aliphatic rings. The van der Waals surface area contributed by atoms with E-state index >= 15 is 0 Å². The highest BCUT2D eigenvalue weighted by molar-refractivity contribution is 7.10. The highest BCUT2D eigenvalue weighted by Crippen LogP contribution is 2.17. The number of aliphatic imine (C=N–C) groups is 1. The minimum absolute atomic E-state index is 0.233. The van der Waals surface area contributed by atoms with Crippen molar-refractivity contribution in [1.29, 1.82) is 0 Å². The minimum Gasteiger partial charge on any atom is -0.348 e. The number of thiophene rings is 1. The Kier molecular flexibility index (Phi) is 5.88. The summed E-state index contributed by atoms with van der Waals surface area (Å²) in [5.41, 5.74) is 2.60. The molecule has 1 rings (SSSR count). The van der Waals surface area contributed by atoms with Crippen molar-refractivity contribution < 1.29 is 0 Å². The summed E-state index contributed by atoms with van der Waals surface area (Å²) in [6, 6.07) is 4.38. The van der Waals surface area contributed by atoms with Gasteiger partial charge in [-0.15, -0.1) is 11.3 Å². The molecule has 1 aromatic rings. The topological polar surface area (TPSA) is 62.4 Å². The van der Waals surface area contributed by atoms with Gasteiger partial charge in [-0.05, 0) is 24.8 Å². The monoisotopic (exact) mass is 240 g/mol. The van der Waals surface area contributed by atoms with Crippen molar-refractivity contribution in [3.63, 3.8) is 0 Å². The van der Waals surface area contributed by atoms with Crippen LogP contribution in [0.3, 0.4) is 0 Å². The maximum absolute atomic E-state index is 5.42. The molecule has 0 aliphatic carbocycles. The standard InChI is InChI=1S/C11H20N4S/c1-3-4-7-13-11(15-12)14-9(2)10-6-5-8-16-10/h5-6,8-9H,3-4,7,12H2,1-2H3,(H2,13,14,15). The molecule has 1 heterocycles. The van der Waals surface area contributed by atoms with E-state index in [1.165, 1.54) is 4.88 Å². The van der Waals surface area contributed by atoms with Crippen molar-refractivity contribution in [3.05, 3.63) is 22.4 Å². The lowest BCUT2D eigenvalue weighted by molar-refractivity contribution is 0.694. The first kappa shape index (κ1) is 13.0. The lowest BCUT2D eigenvalue weighted by Gasteiger charge is -2.15. The zero-order chi connectivity index (χ0) is 11.8. The van der Waals surface area contributed by atoms with Gasteiger partial charge in [0.05, 0.1) is 6.04 Å². The molecule has 1 aromatic heterocycles. The van der Waals surface area contributed by atoms with Crippen molar-refractivity contribution in [2.75, 3.05) is 6.54 Å². The number of hydrogen-bond acceptors (Lipinski definition) is 3. The Morgan fingerprint density at radius 3 is 3.00 bits per heavy atom. The lowest BCUT2D eigenvalue weighted by Crippen LogP contribution is -2.42. The van der Waals surface area contributed by atoms with Gasteiger partial charge in [-0.2, -0.15) is 0 Å². The van der Waals surface area contributed by atoms with E-state index < -0.39 is 0 Å². The van der Waals surface area contributed by atoms with Crippen LogP contribution < -0.4 is 16.6 Å². The second-order valence-electron chi connectivity index (χ2n) is 3.61. The van der Waals surface area contributed by atoms with E-state index in [-0.39, 0.29) is 6.04 Å². The van der Waals surface area contributed by atoms with Gasteiger partial charge >= 0.3 is 0 Å². The van der Waals surface area contributed by atoms with Gasteiger partial charge in [0.1, 0.15) is 0 Å². The fraction of sp³-hybridized carbons (Fsp3) is 0.545. The molecule has 0 radical (unpaired) electrons. The number of hydrazine groups is 1. The van der Waals surface area contributed by atoms with Crippen LogP contribution in [0.25, 0.3) is 0 Å². The van der Waals surface area contributed by atoms with Crippen LogP contribution in [0.4, 0.5) is 0 Å². The molecular weight excluding hydrogens is 220 g/mol. The fourth-order valence-electron chi connectivity index (χ4n) is 1.30. The molecule has 0 saturated heterocycles. The minimum atomic E-state index is 0.233. The maximum Gasteiger partial charge on any atom is 0.206 e. The summed E-state index contributed by atoms with van der Waals surface area (Å²) in [5.74, 6) is 6.08. The number of rotatable bonds is 5. The Bertz CT molecular complexity index is 308. The van der Waals surface area contributed by atoms with E-state index in [1.807, 2.05) is 6.07 Å². The molecule has 0 bridgehead atoms. The number of nitrogens with zero attached hydrogens (tertiary/aromatic N) is 1. The smallest absolute Gasteiger partial charge is 0.206 e. The second-order valence-corrected chi connectivity index (χ2v) is 4.59. The van der Waals surface area contributed by atoms with Crippen molar-refractivity contribution in [2.45, 2.75) is 32.7 Å². The number of unbranched alkanes of at least 4 members (excludes halogenated alkanes) is 1. The number of hydrogen-bond donors (Lipinski definition) is 3. The summed E-state index contributed by atoms with van der Waals surface area (Å²) in [6.45, 7) is 5.05.